The number of thioether (sulfide) groups is 1. The second-order valence-corrected chi connectivity index (χ2v) is 13.1. The molecule has 4 aliphatic rings. The van der Waals surface area contributed by atoms with Crippen LogP contribution in [-0.4, -0.2) is 91.9 Å². The van der Waals surface area contributed by atoms with E-state index in [-0.39, 0.29) is 29.9 Å². The number of aliphatic hydroxyl groups excluding tert-OH is 1. The topological polar surface area (TPSA) is 81.2 Å². The summed E-state index contributed by atoms with van der Waals surface area (Å²) in [6, 6.07) is -0.624. The number of aliphatic hydroxyl groups is 1. The minimum absolute atomic E-state index is 0.0171. The molecule has 1 N–H and O–H groups in total. The number of hydrogen-bond acceptors (Lipinski definition) is 5. The Hall–Kier alpha value is -1.80. The minimum Gasteiger partial charge on any atom is -0.396 e. The van der Waals surface area contributed by atoms with Gasteiger partial charge in [0.25, 0.3) is 0 Å². The van der Waals surface area contributed by atoms with Gasteiger partial charge >= 0.3 is 0 Å². The molecule has 1 spiro atoms. The molecule has 3 amide bonds. The first kappa shape index (κ1) is 25.3. The lowest BCUT2D eigenvalue weighted by atomic mass is 9.74. The summed E-state index contributed by atoms with van der Waals surface area (Å²) in [6.07, 6.45) is 11.5. The van der Waals surface area contributed by atoms with Crippen LogP contribution in [0.1, 0.15) is 53.4 Å². The third kappa shape index (κ3) is 3.91. The van der Waals surface area contributed by atoms with E-state index in [2.05, 4.69) is 19.1 Å². The van der Waals surface area contributed by atoms with Crippen LogP contribution in [-0.2, 0) is 14.4 Å². The van der Waals surface area contributed by atoms with Crippen LogP contribution in [0.3, 0.4) is 0 Å². The first-order chi connectivity index (χ1) is 16.0. The zero-order valence-corrected chi connectivity index (χ0v) is 21.9. The average Bonchev–Trinajstić information content (AvgIpc) is 3.01. The first-order valence-electron chi connectivity index (χ1n) is 12.5. The summed E-state index contributed by atoms with van der Waals surface area (Å²) in [6.45, 7) is 9.82. The lowest BCUT2D eigenvalue weighted by Crippen LogP contribution is -2.57. The summed E-state index contributed by atoms with van der Waals surface area (Å²) < 4.78 is -1.31. The van der Waals surface area contributed by atoms with E-state index in [1.165, 1.54) is 0 Å². The first-order valence-corrected chi connectivity index (χ1v) is 13.3. The highest BCUT2D eigenvalue weighted by atomic mass is 32.2. The highest BCUT2D eigenvalue weighted by Gasteiger charge is 2.73. The lowest BCUT2D eigenvalue weighted by Gasteiger charge is -2.41. The summed E-state index contributed by atoms with van der Waals surface area (Å²) in [5.74, 6) is -1.19. The normalized spacial score (nSPS) is 35.4. The largest absolute Gasteiger partial charge is 0.396 e. The zero-order valence-electron chi connectivity index (χ0n) is 21.1. The number of carbonyl (C=O) groups excluding carboxylic acids is 3. The van der Waals surface area contributed by atoms with Crippen LogP contribution in [0.15, 0.2) is 24.3 Å². The molecule has 2 saturated heterocycles. The number of likely N-dealkylation sites (N-methyl/N-ethyl adjacent to an activating group) is 1. The quantitative estimate of drug-likeness (QED) is 0.458. The third-order valence-corrected chi connectivity index (χ3v) is 9.67. The van der Waals surface area contributed by atoms with Crippen molar-refractivity contribution in [2.75, 3.05) is 33.3 Å². The Balaban J connectivity index is 1.77. The predicted octanol–water partition coefficient (Wildman–Crippen LogP) is 2.45. The highest BCUT2D eigenvalue weighted by Crippen LogP contribution is 2.65. The van der Waals surface area contributed by atoms with Crippen molar-refractivity contribution < 1.29 is 19.5 Å². The minimum atomic E-state index is -0.767. The molecule has 8 heteroatoms. The van der Waals surface area contributed by atoms with Crippen LogP contribution in [0.25, 0.3) is 0 Å². The molecule has 4 heterocycles. The second kappa shape index (κ2) is 9.01. The maximum atomic E-state index is 14.2. The van der Waals surface area contributed by atoms with E-state index in [1.54, 1.807) is 28.6 Å². The van der Waals surface area contributed by atoms with Crippen molar-refractivity contribution in [2.45, 2.75) is 74.5 Å². The van der Waals surface area contributed by atoms with Crippen LogP contribution >= 0.6 is 11.8 Å². The van der Waals surface area contributed by atoms with Crippen LogP contribution in [0.2, 0.25) is 0 Å². The van der Waals surface area contributed by atoms with Gasteiger partial charge in [-0.3, -0.25) is 14.4 Å². The van der Waals surface area contributed by atoms with Crippen molar-refractivity contribution in [3.05, 3.63) is 24.3 Å². The Morgan fingerprint density at radius 3 is 2.32 bits per heavy atom. The Morgan fingerprint density at radius 1 is 0.971 bits per heavy atom. The van der Waals surface area contributed by atoms with E-state index in [0.717, 1.165) is 25.7 Å². The fraction of sp³-hybridized carbons (Fsp3) is 0.731. The van der Waals surface area contributed by atoms with E-state index < -0.39 is 27.4 Å². The third-order valence-electron chi connectivity index (χ3n) is 7.88. The lowest BCUT2D eigenvalue weighted by molar-refractivity contribution is -0.146. The van der Waals surface area contributed by atoms with Crippen LogP contribution in [0.4, 0.5) is 0 Å². The molecule has 0 bridgehead atoms. The maximum absolute atomic E-state index is 14.2. The van der Waals surface area contributed by atoms with Gasteiger partial charge in [0.2, 0.25) is 17.7 Å². The molecule has 2 fully saturated rings. The summed E-state index contributed by atoms with van der Waals surface area (Å²) in [7, 11) is 1.79. The summed E-state index contributed by atoms with van der Waals surface area (Å²) >= 11 is 1.64. The Labute approximate surface area is 207 Å². The number of likely N-dealkylation sites (tertiary alicyclic amines) is 1. The maximum Gasteiger partial charge on any atom is 0.247 e. The molecule has 34 heavy (non-hydrogen) atoms. The van der Waals surface area contributed by atoms with Gasteiger partial charge in [-0.2, -0.15) is 0 Å². The summed E-state index contributed by atoms with van der Waals surface area (Å²) in [4.78, 5) is 47.2. The van der Waals surface area contributed by atoms with E-state index in [4.69, 9.17) is 5.11 Å². The Kier molecular flexibility index (Phi) is 6.70. The van der Waals surface area contributed by atoms with Gasteiger partial charge in [0.05, 0.1) is 16.6 Å². The van der Waals surface area contributed by atoms with Gasteiger partial charge in [-0.1, -0.05) is 37.1 Å². The van der Waals surface area contributed by atoms with Gasteiger partial charge in [0.1, 0.15) is 6.04 Å². The highest BCUT2D eigenvalue weighted by molar-refractivity contribution is 8.02. The van der Waals surface area contributed by atoms with Crippen molar-refractivity contribution >= 4 is 29.5 Å². The monoisotopic (exact) mass is 489 g/mol. The van der Waals surface area contributed by atoms with Crippen molar-refractivity contribution in [1.82, 2.24) is 14.7 Å². The van der Waals surface area contributed by atoms with E-state index >= 15 is 0 Å². The molecule has 7 nitrogen and oxygen atoms in total. The van der Waals surface area contributed by atoms with Crippen molar-refractivity contribution in [3.63, 3.8) is 0 Å². The molecule has 4 aliphatic heterocycles. The Bertz CT molecular complexity index is 912. The van der Waals surface area contributed by atoms with Crippen LogP contribution in [0.5, 0.6) is 0 Å². The van der Waals surface area contributed by atoms with Gasteiger partial charge in [0, 0.05) is 43.6 Å². The molecule has 0 aromatic heterocycles. The van der Waals surface area contributed by atoms with Gasteiger partial charge < -0.3 is 19.8 Å². The van der Waals surface area contributed by atoms with Gasteiger partial charge in [-0.15, -0.1) is 11.8 Å². The van der Waals surface area contributed by atoms with Crippen LogP contribution in [0, 0.1) is 11.8 Å². The second-order valence-electron chi connectivity index (χ2n) is 11.3. The van der Waals surface area contributed by atoms with E-state index in [0.29, 0.717) is 19.6 Å². The van der Waals surface area contributed by atoms with E-state index in [9.17, 15) is 14.4 Å². The zero-order chi connectivity index (χ0) is 24.9. The molecule has 0 saturated carbocycles. The SMILES string of the molecule is CN1CC=C[C@@]2(C)S[C@]34C=CCN(C(C)(C)C)C(=O)C3N(CCCCCCO)C(=O)[C@@H]4[C@H]2C1=O. The molecule has 1 unspecified atom stereocenters. The number of unbranched alkanes of at least 4 members (excludes halogenated alkanes) is 3. The summed E-state index contributed by atoms with van der Waals surface area (Å²) in [5.41, 5.74) is -0.381. The molecule has 5 atom stereocenters. The smallest absolute Gasteiger partial charge is 0.247 e. The molecular formula is C26H39N3O4S. The van der Waals surface area contributed by atoms with Gasteiger partial charge in [-0.05, 0) is 40.5 Å². The standard InChI is InChI=1S/C26H39N3O4S/c1-24(2,3)29-16-11-13-26-19(18-21(31)27(5)14-10-12-25(18,4)34-26)22(32)28(20(26)23(29)33)15-8-6-7-9-17-30/h10-13,18-20,30H,6-9,14-17H2,1-5H3/t18-,19-,20?,25+,26-/m0/s1. The van der Waals surface area contributed by atoms with Gasteiger partial charge in [-0.25, -0.2) is 0 Å². The predicted molar refractivity (Wildman–Crippen MR) is 134 cm³/mol. The number of nitrogens with zero attached hydrogens (tertiary/aromatic N) is 3. The van der Waals surface area contributed by atoms with Gasteiger partial charge in [0.15, 0.2) is 0 Å². The number of amides is 3. The number of fused-ring (bicyclic) bond motifs is 2. The van der Waals surface area contributed by atoms with Crippen molar-refractivity contribution in [2.24, 2.45) is 11.8 Å². The molecular weight excluding hydrogens is 450 g/mol. The molecule has 188 valence electrons. The number of rotatable bonds is 6. The van der Waals surface area contributed by atoms with Crippen molar-refractivity contribution in [1.29, 1.82) is 0 Å². The van der Waals surface area contributed by atoms with Crippen LogP contribution < -0.4 is 0 Å². The van der Waals surface area contributed by atoms with E-state index in [1.807, 2.05) is 37.8 Å². The molecule has 0 radical (unpaired) electrons. The molecule has 0 aromatic rings. The van der Waals surface area contributed by atoms with Crippen molar-refractivity contribution in [3.8, 4) is 0 Å². The molecule has 0 aliphatic carbocycles. The molecule has 0 aromatic carbocycles. The fourth-order valence-electron chi connectivity index (χ4n) is 6.23. The fourth-order valence-corrected chi connectivity index (χ4v) is 8.39. The summed E-state index contributed by atoms with van der Waals surface area (Å²) in [5, 5.41) is 9.09. The Morgan fingerprint density at radius 2 is 1.65 bits per heavy atom. The number of hydrogen-bond donors (Lipinski definition) is 1. The average molecular weight is 490 g/mol. The number of carbonyl (C=O) groups is 3. The molecule has 4 rings (SSSR count).